The third-order valence-corrected chi connectivity index (χ3v) is 7.21. The Labute approximate surface area is 242 Å². The van der Waals surface area contributed by atoms with Crippen molar-refractivity contribution in [3.05, 3.63) is 0 Å². The quantitative estimate of drug-likeness (QED) is 0.168. The van der Waals surface area contributed by atoms with Gasteiger partial charge in [0.15, 0.2) is 0 Å². The van der Waals surface area contributed by atoms with Crippen molar-refractivity contribution >= 4 is 23.9 Å². The minimum atomic E-state index is -0.491. The molecule has 0 radical (unpaired) electrons. The minimum Gasteiger partial charge on any atom is -0.465 e. The summed E-state index contributed by atoms with van der Waals surface area (Å²) in [5, 5.41) is 0. The van der Waals surface area contributed by atoms with Crippen LogP contribution < -0.4 is 0 Å². The highest BCUT2D eigenvalue weighted by atomic mass is 16.6. The molecule has 0 saturated carbocycles. The number of esters is 4. The topological polar surface area (TPSA) is 105 Å². The van der Waals surface area contributed by atoms with Crippen molar-refractivity contribution < 1.29 is 38.1 Å². The summed E-state index contributed by atoms with van der Waals surface area (Å²) in [5.74, 6) is -1.96. The number of cyclic esters (lactones) is 4. The maximum Gasteiger partial charge on any atom is 0.317 e. The molecule has 0 N–H and O–H groups in total. The van der Waals surface area contributed by atoms with Gasteiger partial charge in [0.05, 0.1) is 26.4 Å². The van der Waals surface area contributed by atoms with Gasteiger partial charge in [0.25, 0.3) is 0 Å². The summed E-state index contributed by atoms with van der Waals surface area (Å²) in [7, 11) is 0. The average Bonchev–Trinajstić information content (AvgIpc) is 2.92. The van der Waals surface area contributed by atoms with Crippen LogP contribution in [0.4, 0.5) is 0 Å². The second-order valence-electron chi connectivity index (χ2n) is 11.0. The second-order valence-corrected chi connectivity index (χ2v) is 11.0. The minimum absolute atomic E-state index is 0.295. The summed E-state index contributed by atoms with van der Waals surface area (Å²) in [6.45, 7) is 1.47. The number of carbonyl (C=O) groups is 4. The first kappa shape index (κ1) is 35.9. The van der Waals surface area contributed by atoms with Crippen LogP contribution >= 0.6 is 0 Å². The van der Waals surface area contributed by atoms with Gasteiger partial charge in [-0.25, -0.2) is 0 Å². The summed E-state index contributed by atoms with van der Waals surface area (Å²) < 4.78 is 20.7. The Bertz CT molecular complexity index is 555. The highest BCUT2D eigenvalue weighted by molar-refractivity contribution is 5.91. The van der Waals surface area contributed by atoms with E-state index in [1.807, 2.05) is 0 Å². The Morgan fingerprint density at radius 1 is 0.250 bits per heavy atom. The zero-order valence-corrected chi connectivity index (χ0v) is 25.1. The lowest BCUT2D eigenvalue weighted by Crippen LogP contribution is -2.15. The van der Waals surface area contributed by atoms with Crippen molar-refractivity contribution in [1.82, 2.24) is 0 Å². The molecule has 1 aliphatic heterocycles. The largest absolute Gasteiger partial charge is 0.465 e. The van der Waals surface area contributed by atoms with Crippen LogP contribution in [-0.4, -0.2) is 50.3 Å². The summed E-state index contributed by atoms with van der Waals surface area (Å²) in [4.78, 5) is 47.2. The molecule has 0 spiro atoms. The van der Waals surface area contributed by atoms with Crippen molar-refractivity contribution in [2.45, 2.75) is 154 Å². The number of hydrogen-bond donors (Lipinski definition) is 0. The molecule has 1 rings (SSSR count). The van der Waals surface area contributed by atoms with Crippen molar-refractivity contribution in [2.24, 2.45) is 0 Å². The molecule has 8 nitrogen and oxygen atoms in total. The SMILES string of the molecule is O=C1CC(=O)OCCCCCCCCCCCCCOC(=O)CC(=O)OCCCCCCCCCCCCCO1. The first-order valence-corrected chi connectivity index (χ1v) is 16.2. The van der Waals surface area contributed by atoms with Crippen LogP contribution in [0.15, 0.2) is 0 Å². The van der Waals surface area contributed by atoms with E-state index in [4.69, 9.17) is 18.9 Å². The molecule has 0 aliphatic carbocycles. The predicted molar refractivity (Wildman–Crippen MR) is 155 cm³/mol. The standard InChI is InChI=1S/C32H56O8/c33-29-27-31(35)39-25-21-17-13-9-5-2-6-10-14-18-22-26-40-32(36)28-30(34)38-24-20-16-12-8-4-1-3-7-11-15-19-23-37-29/h1-28H2. The molecule has 1 heterocycles. The monoisotopic (exact) mass is 568 g/mol. The van der Waals surface area contributed by atoms with Crippen LogP contribution in [0.2, 0.25) is 0 Å². The summed E-state index contributed by atoms with van der Waals surface area (Å²) >= 11 is 0. The third kappa shape index (κ3) is 24.9. The molecule has 1 saturated heterocycles. The fraction of sp³-hybridized carbons (Fsp3) is 0.875. The van der Waals surface area contributed by atoms with E-state index in [9.17, 15) is 19.2 Å². The van der Waals surface area contributed by atoms with Gasteiger partial charge in [-0.15, -0.1) is 0 Å². The Morgan fingerprint density at radius 3 is 0.575 bits per heavy atom. The molecule has 1 fully saturated rings. The molecular formula is C32H56O8. The number of ether oxygens (including phenoxy) is 4. The van der Waals surface area contributed by atoms with Gasteiger partial charge >= 0.3 is 23.9 Å². The molecule has 0 aromatic rings. The van der Waals surface area contributed by atoms with E-state index < -0.39 is 23.9 Å². The third-order valence-electron chi connectivity index (χ3n) is 7.21. The Morgan fingerprint density at radius 2 is 0.400 bits per heavy atom. The van der Waals surface area contributed by atoms with Crippen LogP contribution in [-0.2, 0) is 38.1 Å². The van der Waals surface area contributed by atoms with Crippen molar-refractivity contribution in [3.8, 4) is 0 Å². The maximum atomic E-state index is 11.8. The van der Waals surface area contributed by atoms with Gasteiger partial charge in [-0.05, 0) is 25.7 Å². The molecule has 0 aromatic carbocycles. The maximum absolute atomic E-state index is 11.8. The van der Waals surface area contributed by atoms with Gasteiger partial charge in [0.2, 0.25) is 0 Å². The molecule has 0 amide bonds. The first-order chi connectivity index (χ1) is 19.6. The van der Waals surface area contributed by atoms with Gasteiger partial charge in [-0.1, -0.05) is 116 Å². The number of hydrogen-bond acceptors (Lipinski definition) is 8. The molecule has 0 bridgehead atoms. The smallest absolute Gasteiger partial charge is 0.317 e. The molecule has 40 heavy (non-hydrogen) atoms. The second kappa shape index (κ2) is 27.1. The van der Waals surface area contributed by atoms with E-state index >= 15 is 0 Å². The van der Waals surface area contributed by atoms with Crippen LogP contribution in [0, 0.1) is 0 Å². The van der Waals surface area contributed by atoms with E-state index in [1.165, 1.54) is 64.2 Å². The van der Waals surface area contributed by atoms with Crippen LogP contribution in [0.5, 0.6) is 0 Å². The average molecular weight is 569 g/mol. The van der Waals surface area contributed by atoms with Crippen LogP contribution in [0.3, 0.4) is 0 Å². The lowest BCUT2D eigenvalue weighted by molar-refractivity contribution is -0.156. The van der Waals surface area contributed by atoms with Gasteiger partial charge in [0, 0.05) is 0 Å². The van der Waals surface area contributed by atoms with Crippen molar-refractivity contribution in [2.75, 3.05) is 26.4 Å². The van der Waals surface area contributed by atoms with E-state index in [1.54, 1.807) is 0 Å². The van der Waals surface area contributed by atoms with Crippen molar-refractivity contribution in [3.63, 3.8) is 0 Å². The van der Waals surface area contributed by atoms with E-state index in [2.05, 4.69) is 0 Å². The number of carbonyl (C=O) groups excluding carboxylic acids is 4. The molecular weight excluding hydrogens is 512 g/mol. The fourth-order valence-electron chi connectivity index (χ4n) is 4.77. The Hall–Kier alpha value is -2.12. The highest BCUT2D eigenvalue weighted by Crippen LogP contribution is 2.13. The van der Waals surface area contributed by atoms with Crippen molar-refractivity contribution in [1.29, 1.82) is 0 Å². The highest BCUT2D eigenvalue weighted by Gasteiger charge is 2.13. The lowest BCUT2D eigenvalue weighted by Gasteiger charge is -2.07. The molecule has 232 valence electrons. The summed E-state index contributed by atoms with van der Waals surface area (Å²) in [6, 6.07) is 0. The van der Waals surface area contributed by atoms with E-state index in [-0.39, 0.29) is 12.8 Å². The van der Waals surface area contributed by atoms with Gasteiger partial charge in [0.1, 0.15) is 12.8 Å². The van der Waals surface area contributed by atoms with Crippen LogP contribution in [0.1, 0.15) is 154 Å². The van der Waals surface area contributed by atoms with Gasteiger partial charge in [-0.3, -0.25) is 19.2 Å². The molecule has 1 aliphatic rings. The zero-order valence-electron chi connectivity index (χ0n) is 25.1. The van der Waals surface area contributed by atoms with E-state index in [0.29, 0.717) is 26.4 Å². The molecule has 8 heteroatoms. The zero-order chi connectivity index (χ0) is 28.9. The van der Waals surface area contributed by atoms with E-state index in [0.717, 1.165) is 77.0 Å². The fourth-order valence-corrected chi connectivity index (χ4v) is 4.77. The van der Waals surface area contributed by atoms with Gasteiger partial charge in [-0.2, -0.15) is 0 Å². The predicted octanol–water partition coefficient (Wildman–Crippen LogP) is 7.54. The van der Waals surface area contributed by atoms with Gasteiger partial charge < -0.3 is 18.9 Å². The molecule has 0 aromatic heterocycles. The molecule has 0 atom stereocenters. The lowest BCUT2D eigenvalue weighted by atomic mass is 10.1. The first-order valence-electron chi connectivity index (χ1n) is 16.2. The Kier molecular flexibility index (Phi) is 24.3. The number of rotatable bonds is 0. The summed E-state index contributed by atoms with van der Waals surface area (Å²) in [6.07, 6.45) is 23.3. The Balaban J connectivity index is 2.20. The normalized spacial score (nSPS) is 22.2. The van der Waals surface area contributed by atoms with Crippen LogP contribution in [0.25, 0.3) is 0 Å². The molecule has 0 unspecified atom stereocenters. The summed E-state index contributed by atoms with van der Waals surface area (Å²) in [5.41, 5.74) is 0.